The Balaban J connectivity index is 2.29. The predicted molar refractivity (Wildman–Crippen MR) is 112 cm³/mol. The third kappa shape index (κ3) is 4.63. The molecule has 0 aliphatic rings. The van der Waals surface area contributed by atoms with Gasteiger partial charge in [-0.25, -0.2) is 9.18 Å². The summed E-state index contributed by atoms with van der Waals surface area (Å²) in [6.07, 6.45) is -4.25. The van der Waals surface area contributed by atoms with E-state index in [1.807, 2.05) is 0 Å². The molecule has 0 aliphatic heterocycles. The van der Waals surface area contributed by atoms with E-state index in [2.05, 4.69) is 17.1 Å². The SMILES string of the molecule is C=C/C(=C(\Nc1cccc(Cl)c1)C(F)(F)F)c1onc(-c2c(F)cccc2Cl)c1C(=O)O. The highest BCUT2D eigenvalue weighted by Gasteiger charge is 2.39. The molecule has 0 amide bonds. The molecule has 0 atom stereocenters. The summed E-state index contributed by atoms with van der Waals surface area (Å²) in [5, 5.41) is 15.3. The van der Waals surface area contributed by atoms with Crippen molar-refractivity contribution >= 4 is 40.4 Å². The molecule has 166 valence electrons. The van der Waals surface area contributed by atoms with Crippen LogP contribution in [-0.2, 0) is 0 Å². The van der Waals surface area contributed by atoms with Gasteiger partial charge in [-0.2, -0.15) is 13.2 Å². The maximum atomic E-state index is 14.3. The Kier molecular flexibility index (Phi) is 6.61. The van der Waals surface area contributed by atoms with E-state index in [9.17, 15) is 27.5 Å². The van der Waals surface area contributed by atoms with Gasteiger partial charge in [0.05, 0.1) is 10.6 Å². The van der Waals surface area contributed by atoms with Crippen molar-refractivity contribution in [2.45, 2.75) is 6.18 Å². The molecule has 3 rings (SSSR count). The minimum Gasteiger partial charge on any atom is -0.477 e. The number of carboxylic acids is 1. The van der Waals surface area contributed by atoms with E-state index in [1.54, 1.807) is 0 Å². The van der Waals surface area contributed by atoms with Crippen LogP contribution in [0.4, 0.5) is 23.2 Å². The third-order valence-electron chi connectivity index (χ3n) is 4.20. The minimum atomic E-state index is -5.00. The molecule has 1 heterocycles. The molecule has 0 fully saturated rings. The maximum Gasteiger partial charge on any atom is 0.431 e. The van der Waals surface area contributed by atoms with Crippen molar-refractivity contribution in [1.29, 1.82) is 0 Å². The number of carboxylic acid groups (broad SMARTS) is 1. The summed E-state index contributed by atoms with van der Waals surface area (Å²) >= 11 is 11.8. The van der Waals surface area contributed by atoms with Gasteiger partial charge in [0, 0.05) is 16.3 Å². The standard InChI is InChI=1S/C21H12Cl2F4N2O3/c1-2-12(19(21(25,26)27)28-11-6-3-5-10(22)9-11)18-16(20(30)31)17(29-32-18)15-13(23)7-4-8-14(15)24/h2-9,28H,1H2,(H,30,31)/b19-12+. The van der Waals surface area contributed by atoms with Gasteiger partial charge >= 0.3 is 12.1 Å². The number of anilines is 1. The molecule has 32 heavy (non-hydrogen) atoms. The molecule has 2 aromatic carbocycles. The van der Waals surface area contributed by atoms with Crippen LogP contribution in [0.1, 0.15) is 16.1 Å². The van der Waals surface area contributed by atoms with Gasteiger partial charge in [0.1, 0.15) is 22.8 Å². The van der Waals surface area contributed by atoms with Crippen LogP contribution >= 0.6 is 23.2 Å². The van der Waals surface area contributed by atoms with Gasteiger partial charge in [0.15, 0.2) is 5.76 Å². The summed E-state index contributed by atoms with van der Waals surface area (Å²) in [6, 6.07) is 8.97. The molecule has 0 saturated carbocycles. The lowest BCUT2D eigenvalue weighted by molar-refractivity contribution is -0.0897. The molecule has 0 aliphatic carbocycles. The number of nitrogens with zero attached hydrogens (tertiary/aromatic N) is 1. The van der Waals surface area contributed by atoms with E-state index in [0.29, 0.717) is 0 Å². The fraction of sp³-hybridized carbons (Fsp3) is 0.0476. The van der Waals surface area contributed by atoms with Gasteiger partial charge in [-0.3, -0.25) is 0 Å². The van der Waals surface area contributed by atoms with Crippen LogP contribution in [0, 0.1) is 5.82 Å². The van der Waals surface area contributed by atoms with Crippen LogP contribution in [0.25, 0.3) is 16.8 Å². The lowest BCUT2D eigenvalue weighted by Crippen LogP contribution is -2.21. The van der Waals surface area contributed by atoms with Crippen molar-refractivity contribution < 1.29 is 32.0 Å². The Labute approximate surface area is 188 Å². The molecule has 1 aromatic heterocycles. The number of allylic oxidation sites excluding steroid dienone is 3. The summed E-state index contributed by atoms with van der Waals surface area (Å²) in [6.45, 7) is 3.34. The smallest absolute Gasteiger partial charge is 0.431 e. The van der Waals surface area contributed by atoms with E-state index in [-0.39, 0.29) is 15.7 Å². The van der Waals surface area contributed by atoms with Crippen molar-refractivity contribution in [3.63, 3.8) is 0 Å². The van der Waals surface area contributed by atoms with E-state index in [1.165, 1.54) is 36.4 Å². The van der Waals surface area contributed by atoms with Crippen molar-refractivity contribution in [2.24, 2.45) is 0 Å². The number of rotatable bonds is 6. The number of benzene rings is 2. The Morgan fingerprint density at radius 1 is 1.19 bits per heavy atom. The highest BCUT2D eigenvalue weighted by Crippen LogP contribution is 2.39. The van der Waals surface area contributed by atoms with Crippen LogP contribution in [0.15, 0.2) is 65.3 Å². The molecule has 2 N–H and O–H groups in total. The predicted octanol–water partition coefficient (Wildman–Crippen LogP) is 7.06. The fourth-order valence-electron chi connectivity index (χ4n) is 2.88. The first-order chi connectivity index (χ1) is 15.0. The van der Waals surface area contributed by atoms with Gasteiger partial charge in [-0.1, -0.05) is 53.1 Å². The minimum absolute atomic E-state index is 0.0297. The first-order valence-electron chi connectivity index (χ1n) is 8.68. The van der Waals surface area contributed by atoms with Crippen LogP contribution in [0.5, 0.6) is 0 Å². The van der Waals surface area contributed by atoms with Crippen LogP contribution in [0.3, 0.4) is 0 Å². The van der Waals surface area contributed by atoms with Crippen LogP contribution in [0.2, 0.25) is 10.0 Å². The average Bonchev–Trinajstić information content (AvgIpc) is 3.12. The molecular weight excluding hydrogens is 475 g/mol. The second kappa shape index (κ2) is 9.05. The Bertz CT molecular complexity index is 1220. The Morgan fingerprint density at radius 3 is 2.44 bits per heavy atom. The highest BCUT2D eigenvalue weighted by atomic mass is 35.5. The zero-order valence-corrected chi connectivity index (χ0v) is 17.3. The molecule has 0 unspecified atom stereocenters. The Hall–Kier alpha value is -3.30. The molecule has 3 aromatic rings. The first kappa shape index (κ1) is 23.4. The van der Waals surface area contributed by atoms with E-state index in [4.69, 9.17) is 27.7 Å². The molecule has 0 spiro atoms. The largest absolute Gasteiger partial charge is 0.477 e. The Morgan fingerprint density at radius 2 is 1.88 bits per heavy atom. The highest BCUT2D eigenvalue weighted by molar-refractivity contribution is 6.33. The zero-order valence-electron chi connectivity index (χ0n) is 15.8. The van der Waals surface area contributed by atoms with Gasteiger partial charge in [0.25, 0.3) is 0 Å². The molecule has 5 nitrogen and oxygen atoms in total. The number of carbonyl (C=O) groups is 1. The van der Waals surface area contributed by atoms with Crippen molar-refractivity contribution in [2.75, 3.05) is 5.32 Å². The number of alkyl halides is 3. The normalized spacial score (nSPS) is 12.3. The van der Waals surface area contributed by atoms with Gasteiger partial charge in [-0.05, 0) is 30.3 Å². The number of hydrogen-bond donors (Lipinski definition) is 2. The summed E-state index contributed by atoms with van der Waals surface area (Å²) in [5.74, 6) is -3.43. The number of hydrogen-bond acceptors (Lipinski definition) is 4. The van der Waals surface area contributed by atoms with Crippen molar-refractivity contribution in [1.82, 2.24) is 5.16 Å². The van der Waals surface area contributed by atoms with Gasteiger partial charge in [-0.15, -0.1) is 0 Å². The quantitative estimate of drug-likeness (QED) is 0.288. The van der Waals surface area contributed by atoms with Gasteiger partial charge in [0.2, 0.25) is 0 Å². The lowest BCUT2D eigenvalue weighted by atomic mass is 10.0. The van der Waals surface area contributed by atoms with Crippen molar-refractivity contribution in [3.05, 3.63) is 88.0 Å². The molecular formula is C21H12Cl2F4N2O3. The number of halogens is 6. The summed E-state index contributed by atoms with van der Waals surface area (Å²) < 4.78 is 61.1. The molecule has 0 radical (unpaired) electrons. The monoisotopic (exact) mass is 486 g/mol. The maximum absolute atomic E-state index is 14.3. The summed E-state index contributed by atoms with van der Waals surface area (Å²) in [7, 11) is 0. The third-order valence-corrected chi connectivity index (χ3v) is 4.75. The fourth-order valence-corrected chi connectivity index (χ4v) is 3.32. The topological polar surface area (TPSA) is 75.4 Å². The first-order valence-corrected chi connectivity index (χ1v) is 9.44. The van der Waals surface area contributed by atoms with Crippen molar-refractivity contribution in [3.8, 4) is 11.3 Å². The zero-order chi connectivity index (χ0) is 23.6. The molecule has 11 heteroatoms. The van der Waals surface area contributed by atoms with Crippen LogP contribution < -0.4 is 5.32 Å². The van der Waals surface area contributed by atoms with E-state index < -0.39 is 51.8 Å². The van der Waals surface area contributed by atoms with E-state index >= 15 is 0 Å². The molecule has 0 saturated heterocycles. The number of nitrogens with one attached hydrogen (secondary N) is 1. The average molecular weight is 487 g/mol. The molecule has 0 bridgehead atoms. The summed E-state index contributed by atoms with van der Waals surface area (Å²) in [4.78, 5) is 12.0. The second-order valence-corrected chi connectivity index (χ2v) is 7.11. The summed E-state index contributed by atoms with van der Waals surface area (Å²) in [5.41, 5.74) is -4.00. The van der Waals surface area contributed by atoms with E-state index in [0.717, 1.165) is 12.1 Å². The van der Waals surface area contributed by atoms with Gasteiger partial charge < -0.3 is 14.9 Å². The number of aromatic nitrogens is 1. The lowest BCUT2D eigenvalue weighted by Gasteiger charge is -2.17. The number of aromatic carboxylic acids is 1. The van der Waals surface area contributed by atoms with Crippen LogP contribution in [-0.4, -0.2) is 22.4 Å². The second-order valence-electron chi connectivity index (χ2n) is 6.26.